The predicted octanol–water partition coefficient (Wildman–Crippen LogP) is 0.917. The van der Waals surface area contributed by atoms with Crippen LogP contribution in [0.4, 0.5) is 11.4 Å². The van der Waals surface area contributed by atoms with Crippen LogP contribution >= 0.6 is 0 Å². The lowest BCUT2D eigenvalue weighted by Crippen LogP contribution is -2.17. The van der Waals surface area contributed by atoms with Crippen LogP contribution < -0.4 is 15.5 Å². The lowest BCUT2D eigenvalue weighted by atomic mass is 10.1. The Morgan fingerprint density at radius 1 is 1.00 bits per heavy atom. The van der Waals surface area contributed by atoms with Gasteiger partial charge in [-0.3, -0.25) is 4.79 Å². The Labute approximate surface area is 90.3 Å². The maximum absolute atomic E-state index is 11.1. The minimum Gasteiger partial charge on any atom is -0.378 e. The lowest BCUT2D eigenvalue weighted by molar-refractivity contribution is 0.100. The van der Waals surface area contributed by atoms with E-state index >= 15 is 0 Å². The number of hydrogen-bond donors (Lipinski definition) is 1. The fourth-order valence-corrected chi connectivity index (χ4v) is 1.25. The Morgan fingerprint density at radius 2 is 1.40 bits per heavy atom. The minimum atomic E-state index is -0.401. The van der Waals surface area contributed by atoms with Crippen molar-refractivity contribution in [1.82, 2.24) is 0 Å². The summed E-state index contributed by atoms with van der Waals surface area (Å²) in [6.07, 6.45) is 0. The Hall–Kier alpha value is -1.71. The monoisotopic (exact) mass is 207 g/mol. The van der Waals surface area contributed by atoms with Gasteiger partial charge >= 0.3 is 0 Å². The van der Waals surface area contributed by atoms with Crippen LogP contribution in [0.3, 0.4) is 0 Å². The highest BCUT2D eigenvalue weighted by Crippen LogP contribution is 2.22. The normalized spacial score (nSPS) is 9.87. The minimum absolute atomic E-state index is 0.401. The van der Waals surface area contributed by atoms with Crippen molar-refractivity contribution < 1.29 is 4.79 Å². The molecule has 4 heteroatoms. The van der Waals surface area contributed by atoms with Gasteiger partial charge in [0, 0.05) is 45.1 Å². The zero-order valence-corrected chi connectivity index (χ0v) is 9.61. The van der Waals surface area contributed by atoms with Gasteiger partial charge in [0.05, 0.1) is 0 Å². The molecule has 0 saturated heterocycles. The maximum Gasteiger partial charge on any atom is 0.248 e. The second-order valence-corrected chi connectivity index (χ2v) is 3.89. The fourth-order valence-electron chi connectivity index (χ4n) is 1.25. The standard InChI is InChI=1S/C11H17N3O/c1-13(2)9-5-8(11(12)15)6-10(7-9)14(3)4/h5-7H,1-4H3,(H2,12,15). The van der Waals surface area contributed by atoms with Crippen molar-refractivity contribution >= 4 is 17.3 Å². The summed E-state index contributed by atoms with van der Waals surface area (Å²) in [5.41, 5.74) is 7.74. The van der Waals surface area contributed by atoms with Crippen molar-refractivity contribution in [1.29, 1.82) is 0 Å². The SMILES string of the molecule is CN(C)c1cc(C(N)=O)cc(N(C)C)c1. The smallest absolute Gasteiger partial charge is 0.248 e. The Balaban J connectivity index is 3.26. The number of carbonyl (C=O) groups excluding carboxylic acids is 1. The van der Waals surface area contributed by atoms with E-state index < -0.39 is 5.91 Å². The first-order valence-corrected chi connectivity index (χ1v) is 4.71. The van der Waals surface area contributed by atoms with Crippen molar-refractivity contribution in [3.63, 3.8) is 0 Å². The van der Waals surface area contributed by atoms with Crippen molar-refractivity contribution in [2.45, 2.75) is 0 Å². The molecule has 1 aromatic rings. The van der Waals surface area contributed by atoms with Gasteiger partial charge in [-0.05, 0) is 18.2 Å². The van der Waals surface area contributed by atoms with Gasteiger partial charge in [0.2, 0.25) is 5.91 Å². The average Bonchev–Trinajstić information content (AvgIpc) is 2.16. The van der Waals surface area contributed by atoms with E-state index in [-0.39, 0.29) is 0 Å². The van der Waals surface area contributed by atoms with Crippen LogP contribution in [-0.4, -0.2) is 34.1 Å². The van der Waals surface area contributed by atoms with Gasteiger partial charge in [0.1, 0.15) is 0 Å². The number of anilines is 2. The van der Waals surface area contributed by atoms with Crippen LogP contribution in [0.5, 0.6) is 0 Å². The lowest BCUT2D eigenvalue weighted by Gasteiger charge is -2.19. The number of nitrogens with two attached hydrogens (primary N) is 1. The number of hydrogen-bond acceptors (Lipinski definition) is 3. The van der Waals surface area contributed by atoms with Crippen LogP contribution in [0, 0.1) is 0 Å². The van der Waals surface area contributed by atoms with Gasteiger partial charge in [-0.15, -0.1) is 0 Å². The predicted molar refractivity (Wildman–Crippen MR) is 63.6 cm³/mol. The van der Waals surface area contributed by atoms with E-state index in [2.05, 4.69) is 0 Å². The third-order valence-electron chi connectivity index (χ3n) is 2.22. The molecule has 0 heterocycles. The number of amides is 1. The topological polar surface area (TPSA) is 49.6 Å². The number of benzene rings is 1. The number of rotatable bonds is 3. The first kappa shape index (κ1) is 11.4. The van der Waals surface area contributed by atoms with E-state index in [1.165, 1.54) is 0 Å². The number of carbonyl (C=O) groups is 1. The molecule has 0 aliphatic carbocycles. The summed E-state index contributed by atoms with van der Waals surface area (Å²) >= 11 is 0. The van der Waals surface area contributed by atoms with E-state index in [4.69, 9.17) is 5.73 Å². The molecule has 0 fully saturated rings. The Bertz CT molecular complexity index is 346. The highest BCUT2D eigenvalue weighted by Gasteiger charge is 2.07. The van der Waals surface area contributed by atoms with Crippen molar-refractivity contribution in [2.75, 3.05) is 38.0 Å². The Morgan fingerprint density at radius 3 is 1.67 bits per heavy atom. The summed E-state index contributed by atoms with van der Waals surface area (Å²) < 4.78 is 0. The average molecular weight is 207 g/mol. The van der Waals surface area contributed by atoms with E-state index in [0.29, 0.717) is 5.56 Å². The highest BCUT2D eigenvalue weighted by atomic mass is 16.1. The highest BCUT2D eigenvalue weighted by molar-refractivity contribution is 5.95. The second kappa shape index (κ2) is 4.21. The molecule has 0 bridgehead atoms. The van der Waals surface area contributed by atoms with E-state index in [0.717, 1.165) is 11.4 Å². The van der Waals surface area contributed by atoms with Crippen LogP contribution in [0.25, 0.3) is 0 Å². The van der Waals surface area contributed by atoms with Gasteiger partial charge in [0.15, 0.2) is 0 Å². The zero-order valence-electron chi connectivity index (χ0n) is 9.61. The summed E-state index contributed by atoms with van der Waals surface area (Å²) in [7, 11) is 7.72. The first-order chi connectivity index (χ1) is 6.91. The molecule has 0 unspecified atom stereocenters. The molecule has 0 atom stereocenters. The molecule has 0 aliphatic rings. The molecule has 2 N–H and O–H groups in total. The molecule has 1 rings (SSSR count). The van der Waals surface area contributed by atoms with Gasteiger partial charge in [-0.1, -0.05) is 0 Å². The molecule has 1 aromatic carbocycles. The molecule has 82 valence electrons. The van der Waals surface area contributed by atoms with Crippen LogP contribution in [0.1, 0.15) is 10.4 Å². The Kier molecular flexibility index (Phi) is 3.19. The quantitative estimate of drug-likeness (QED) is 0.801. The largest absolute Gasteiger partial charge is 0.378 e. The fraction of sp³-hybridized carbons (Fsp3) is 0.364. The summed E-state index contributed by atoms with van der Waals surface area (Å²) in [5, 5.41) is 0. The molecule has 0 radical (unpaired) electrons. The molecular formula is C11H17N3O. The van der Waals surface area contributed by atoms with Gasteiger partial charge in [0.25, 0.3) is 0 Å². The van der Waals surface area contributed by atoms with Gasteiger partial charge < -0.3 is 15.5 Å². The molecule has 0 saturated carbocycles. The molecule has 1 amide bonds. The maximum atomic E-state index is 11.1. The summed E-state index contributed by atoms with van der Waals surface area (Å²) in [5.74, 6) is -0.401. The molecule has 4 nitrogen and oxygen atoms in total. The van der Waals surface area contributed by atoms with Crippen LogP contribution in [0.2, 0.25) is 0 Å². The van der Waals surface area contributed by atoms with Crippen molar-refractivity contribution in [3.8, 4) is 0 Å². The van der Waals surface area contributed by atoms with Gasteiger partial charge in [-0.25, -0.2) is 0 Å². The van der Waals surface area contributed by atoms with Crippen LogP contribution in [0.15, 0.2) is 18.2 Å². The zero-order chi connectivity index (χ0) is 11.6. The van der Waals surface area contributed by atoms with E-state index in [1.807, 2.05) is 44.1 Å². The molecular weight excluding hydrogens is 190 g/mol. The van der Waals surface area contributed by atoms with E-state index in [1.54, 1.807) is 12.1 Å². The second-order valence-electron chi connectivity index (χ2n) is 3.89. The summed E-state index contributed by atoms with van der Waals surface area (Å²) in [6, 6.07) is 5.58. The van der Waals surface area contributed by atoms with Crippen molar-refractivity contribution in [2.24, 2.45) is 5.73 Å². The summed E-state index contributed by atoms with van der Waals surface area (Å²) in [4.78, 5) is 15.0. The summed E-state index contributed by atoms with van der Waals surface area (Å²) in [6.45, 7) is 0. The number of primary amides is 1. The number of nitrogens with zero attached hydrogens (tertiary/aromatic N) is 2. The van der Waals surface area contributed by atoms with E-state index in [9.17, 15) is 4.79 Å². The molecule has 0 aromatic heterocycles. The van der Waals surface area contributed by atoms with Crippen molar-refractivity contribution in [3.05, 3.63) is 23.8 Å². The van der Waals surface area contributed by atoms with Crippen LogP contribution in [-0.2, 0) is 0 Å². The third kappa shape index (κ3) is 2.62. The molecule has 15 heavy (non-hydrogen) atoms. The molecule has 0 spiro atoms. The third-order valence-corrected chi connectivity index (χ3v) is 2.22. The molecule has 0 aliphatic heterocycles. The first-order valence-electron chi connectivity index (χ1n) is 4.71. The van der Waals surface area contributed by atoms with Gasteiger partial charge in [-0.2, -0.15) is 0 Å².